The predicted molar refractivity (Wildman–Crippen MR) is 135 cm³/mol. The van der Waals surface area contributed by atoms with Gasteiger partial charge in [-0.1, -0.05) is 17.8 Å². The molecule has 0 aliphatic carbocycles. The zero-order valence-electron chi connectivity index (χ0n) is 19.5. The fraction of sp³-hybridized carbons (Fsp3) is 0.217. The fourth-order valence-corrected chi connectivity index (χ4v) is 4.91. The summed E-state index contributed by atoms with van der Waals surface area (Å²) in [6.07, 6.45) is 0.272. The summed E-state index contributed by atoms with van der Waals surface area (Å²) in [6, 6.07) is 16.7. The standard InChI is InChI=1S/C23H24N6O5S2/c1-33-17-6-8-19(9-7-17)36(31,32)24-13-12-21-27-26-20-10-11-23(28-29(20)21)35-15-22(30)25-16-4-3-5-18(14-16)34-2/h3-11,14,24H,12-13,15H2,1-2H3,(H,25,30). The number of benzene rings is 2. The molecule has 0 unspecified atom stereocenters. The molecule has 36 heavy (non-hydrogen) atoms. The second-order valence-electron chi connectivity index (χ2n) is 7.45. The van der Waals surface area contributed by atoms with Gasteiger partial charge in [0, 0.05) is 24.7 Å². The van der Waals surface area contributed by atoms with Gasteiger partial charge in [0.05, 0.1) is 24.9 Å². The maximum atomic E-state index is 12.5. The number of hydrogen-bond donors (Lipinski definition) is 2. The lowest BCUT2D eigenvalue weighted by Crippen LogP contribution is -2.26. The molecule has 0 aliphatic rings. The van der Waals surface area contributed by atoms with E-state index in [0.29, 0.717) is 33.7 Å². The Hall–Kier alpha value is -3.68. The molecule has 2 heterocycles. The van der Waals surface area contributed by atoms with Crippen LogP contribution in [0.15, 0.2) is 70.6 Å². The normalized spacial score (nSPS) is 11.4. The van der Waals surface area contributed by atoms with E-state index in [4.69, 9.17) is 9.47 Å². The number of sulfonamides is 1. The third-order valence-corrected chi connectivity index (χ3v) is 7.41. The number of ether oxygens (including phenoxy) is 2. The SMILES string of the molecule is COc1ccc(S(=O)(=O)NCCc2nnc3ccc(SCC(=O)Nc4cccc(OC)c4)nn23)cc1. The van der Waals surface area contributed by atoms with E-state index in [1.165, 1.54) is 31.0 Å². The van der Waals surface area contributed by atoms with Crippen molar-refractivity contribution in [2.24, 2.45) is 0 Å². The third kappa shape index (κ3) is 6.30. The first-order valence-corrected chi connectivity index (χ1v) is 13.3. The van der Waals surface area contributed by atoms with Crippen molar-refractivity contribution in [1.29, 1.82) is 0 Å². The Kier molecular flexibility index (Phi) is 8.03. The Labute approximate surface area is 212 Å². The lowest BCUT2D eigenvalue weighted by atomic mass is 10.3. The van der Waals surface area contributed by atoms with Crippen LogP contribution in [0.1, 0.15) is 5.82 Å². The van der Waals surface area contributed by atoms with Crippen molar-refractivity contribution < 1.29 is 22.7 Å². The quantitative estimate of drug-likeness (QED) is 0.281. The van der Waals surface area contributed by atoms with Gasteiger partial charge in [-0.05, 0) is 48.5 Å². The van der Waals surface area contributed by atoms with Crippen LogP contribution in [0.3, 0.4) is 0 Å². The number of anilines is 1. The molecule has 0 radical (unpaired) electrons. The number of carbonyl (C=O) groups is 1. The van der Waals surface area contributed by atoms with Crippen molar-refractivity contribution in [2.75, 3.05) is 31.8 Å². The highest BCUT2D eigenvalue weighted by atomic mass is 32.2. The van der Waals surface area contributed by atoms with Crippen molar-refractivity contribution in [3.8, 4) is 11.5 Å². The molecule has 0 atom stereocenters. The van der Waals surface area contributed by atoms with Gasteiger partial charge in [-0.15, -0.1) is 10.2 Å². The van der Waals surface area contributed by atoms with Gasteiger partial charge in [0.2, 0.25) is 15.9 Å². The fourth-order valence-electron chi connectivity index (χ4n) is 3.22. The molecule has 0 saturated carbocycles. The average molecular weight is 529 g/mol. The van der Waals surface area contributed by atoms with Crippen LogP contribution in [0.2, 0.25) is 0 Å². The van der Waals surface area contributed by atoms with Gasteiger partial charge < -0.3 is 14.8 Å². The minimum atomic E-state index is -3.69. The topological polar surface area (TPSA) is 137 Å². The Morgan fingerprint density at radius 3 is 2.53 bits per heavy atom. The molecule has 13 heteroatoms. The first-order chi connectivity index (χ1) is 17.4. The van der Waals surface area contributed by atoms with Gasteiger partial charge in [0.1, 0.15) is 16.5 Å². The van der Waals surface area contributed by atoms with Gasteiger partial charge >= 0.3 is 0 Å². The molecule has 0 spiro atoms. The molecule has 4 aromatic rings. The highest BCUT2D eigenvalue weighted by Crippen LogP contribution is 2.20. The number of fused-ring (bicyclic) bond motifs is 1. The van der Waals surface area contributed by atoms with Crippen LogP contribution in [0.4, 0.5) is 5.69 Å². The van der Waals surface area contributed by atoms with Gasteiger partial charge in [-0.3, -0.25) is 4.79 Å². The van der Waals surface area contributed by atoms with E-state index < -0.39 is 10.0 Å². The first kappa shape index (κ1) is 25.4. The molecule has 0 fully saturated rings. The Morgan fingerprint density at radius 1 is 1.00 bits per heavy atom. The first-order valence-electron chi connectivity index (χ1n) is 10.8. The molecule has 0 saturated heterocycles. The van der Waals surface area contributed by atoms with E-state index in [1.807, 2.05) is 0 Å². The highest BCUT2D eigenvalue weighted by molar-refractivity contribution is 7.99. The summed E-state index contributed by atoms with van der Waals surface area (Å²) in [4.78, 5) is 12.5. The number of rotatable bonds is 11. The minimum absolute atomic E-state index is 0.108. The number of nitrogens with zero attached hydrogens (tertiary/aromatic N) is 4. The second kappa shape index (κ2) is 11.4. The molecular weight excluding hydrogens is 504 g/mol. The molecule has 2 aromatic heterocycles. The third-order valence-electron chi connectivity index (χ3n) is 5.02. The Morgan fingerprint density at radius 2 is 1.78 bits per heavy atom. The van der Waals surface area contributed by atoms with Gasteiger partial charge in [-0.25, -0.2) is 13.1 Å². The largest absolute Gasteiger partial charge is 0.497 e. The molecule has 188 valence electrons. The Balaban J connectivity index is 1.35. The molecule has 2 N–H and O–H groups in total. The smallest absolute Gasteiger partial charge is 0.240 e. The summed E-state index contributed by atoms with van der Waals surface area (Å²) >= 11 is 1.26. The summed E-state index contributed by atoms with van der Waals surface area (Å²) < 4.78 is 39.4. The van der Waals surface area contributed by atoms with Crippen molar-refractivity contribution >= 4 is 39.0 Å². The summed E-state index contributed by atoms with van der Waals surface area (Å²) in [6.45, 7) is 0.108. The van der Waals surface area contributed by atoms with E-state index in [-0.39, 0.29) is 29.5 Å². The van der Waals surface area contributed by atoms with Gasteiger partial charge in [0.25, 0.3) is 0 Å². The van der Waals surface area contributed by atoms with Crippen molar-refractivity contribution in [3.63, 3.8) is 0 Å². The molecule has 2 aromatic carbocycles. The summed E-state index contributed by atoms with van der Waals surface area (Å²) in [7, 11) is -0.611. The predicted octanol–water partition coefficient (Wildman–Crippen LogP) is 2.39. The maximum Gasteiger partial charge on any atom is 0.240 e. The van der Waals surface area contributed by atoms with Crippen LogP contribution in [-0.2, 0) is 21.2 Å². The number of nitrogens with one attached hydrogen (secondary N) is 2. The van der Waals surface area contributed by atoms with Crippen LogP contribution >= 0.6 is 11.8 Å². The zero-order valence-corrected chi connectivity index (χ0v) is 21.2. The van der Waals surface area contributed by atoms with Gasteiger partial charge in [0.15, 0.2) is 11.5 Å². The van der Waals surface area contributed by atoms with E-state index in [0.717, 1.165) is 0 Å². The number of methoxy groups -OCH3 is 2. The molecule has 0 aliphatic heterocycles. The second-order valence-corrected chi connectivity index (χ2v) is 10.2. The van der Waals surface area contributed by atoms with E-state index in [1.54, 1.807) is 60.2 Å². The van der Waals surface area contributed by atoms with E-state index in [2.05, 4.69) is 25.3 Å². The number of carbonyl (C=O) groups excluding carboxylic acids is 1. The zero-order chi connectivity index (χ0) is 25.5. The number of amides is 1. The van der Waals surface area contributed by atoms with Crippen LogP contribution < -0.4 is 19.5 Å². The van der Waals surface area contributed by atoms with Crippen LogP contribution in [0.25, 0.3) is 5.65 Å². The van der Waals surface area contributed by atoms with Crippen molar-refractivity contribution in [1.82, 2.24) is 24.5 Å². The summed E-state index contributed by atoms with van der Waals surface area (Å²) in [5.41, 5.74) is 1.16. The van der Waals surface area contributed by atoms with Crippen LogP contribution in [0.5, 0.6) is 11.5 Å². The summed E-state index contributed by atoms with van der Waals surface area (Å²) in [5, 5.41) is 16.1. The molecule has 4 rings (SSSR count). The molecule has 1 amide bonds. The van der Waals surface area contributed by atoms with E-state index in [9.17, 15) is 13.2 Å². The number of aromatic nitrogens is 4. The lowest BCUT2D eigenvalue weighted by molar-refractivity contribution is -0.113. The maximum absolute atomic E-state index is 12.5. The molecule has 0 bridgehead atoms. The summed E-state index contributed by atoms with van der Waals surface area (Å²) in [5.74, 6) is 1.67. The highest BCUT2D eigenvalue weighted by Gasteiger charge is 2.15. The van der Waals surface area contributed by atoms with Gasteiger partial charge in [-0.2, -0.15) is 9.61 Å². The van der Waals surface area contributed by atoms with Crippen LogP contribution in [0, 0.1) is 0 Å². The number of thioether (sulfide) groups is 1. The van der Waals surface area contributed by atoms with Crippen LogP contribution in [-0.4, -0.2) is 60.7 Å². The van der Waals surface area contributed by atoms with Crippen molar-refractivity contribution in [2.45, 2.75) is 16.3 Å². The number of hydrogen-bond acceptors (Lipinski definition) is 9. The monoisotopic (exact) mass is 528 g/mol. The minimum Gasteiger partial charge on any atom is -0.497 e. The van der Waals surface area contributed by atoms with Crippen molar-refractivity contribution in [3.05, 3.63) is 66.5 Å². The van der Waals surface area contributed by atoms with E-state index >= 15 is 0 Å². The molecule has 11 nitrogen and oxygen atoms in total. The molecular formula is C23H24N6O5S2. The average Bonchev–Trinajstić information content (AvgIpc) is 3.29. The lowest BCUT2D eigenvalue weighted by Gasteiger charge is -2.08. The Bertz CT molecular complexity index is 1460.